The van der Waals surface area contributed by atoms with E-state index < -0.39 is 0 Å². The van der Waals surface area contributed by atoms with Crippen LogP contribution in [0.4, 0.5) is 5.95 Å². The van der Waals surface area contributed by atoms with Crippen LogP contribution < -0.4 is 5.32 Å². The third-order valence-corrected chi connectivity index (χ3v) is 6.86. The first-order valence-corrected chi connectivity index (χ1v) is 11.4. The average Bonchev–Trinajstić information content (AvgIpc) is 3.59. The average molecular weight is 431 g/mol. The molecule has 6 rings (SSSR count). The lowest BCUT2D eigenvalue weighted by atomic mass is 9.85. The number of nitrogens with zero attached hydrogens (tertiary/aromatic N) is 6. The second-order valence-electron chi connectivity index (χ2n) is 8.90. The zero-order valence-electron chi connectivity index (χ0n) is 17.9. The topological polar surface area (TPSA) is 104 Å². The number of likely N-dealkylation sites (tertiary alicyclic amines) is 1. The van der Waals surface area contributed by atoms with E-state index in [0.717, 1.165) is 79.4 Å². The minimum Gasteiger partial charge on any atom is -0.351 e. The fourth-order valence-corrected chi connectivity index (χ4v) is 5.07. The summed E-state index contributed by atoms with van der Waals surface area (Å²) in [6.07, 6.45) is 13.7. The fraction of sp³-hybridized carbons (Fsp3) is 0.435. The summed E-state index contributed by atoms with van der Waals surface area (Å²) >= 11 is 0. The number of hydrogen-bond acceptors (Lipinski definition) is 6. The highest BCUT2D eigenvalue weighted by Gasteiger charge is 2.30. The zero-order chi connectivity index (χ0) is 21.5. The number of carbonyl (C=O) groups is 1. The van der Waals surface area contributed by atoms with Gasteiger partial charge in [-0.05, 0) is 50.7 Å². The lowest BCUT2D eigenvalue weighted by Crippen LogP contribution is -2.37. The molecular formula is C23H26N8O. The summed E-state index contributed by atoms with van der Waals surface area (Å²) in [5, 5.41) is 12.5. The standard InChI is InChI=1S/C23H26N8O/c32-22(30-9-1-2-10-30)15-3-6-17(7-4-15)27-23-25-12-19-18(11-24-21(19)28-23)16-5-8-20-29-26-14-31(20)13-16/h5,8,11-15,17H,1-4,6-7,9-10H2,(H2,24,25,27,28). The lowest BCUT2D eigenvalue weighted by Gasteiger charge is -2.30. The summed E-state index contributed by atoms with van der Waals surface area (Å²) in [5.74, 6) is 1.18. The molecule has 32 heavy (non-hydrogen) atoms. The zero-order valence-corrected chi connectivity index (χ0v) is 17.9. The summed E-state index contributed by atoms with van der Waals surface area (Å²) in [7, 11) is 0. The van der Waals surface area contributed by atoms with E-state index in [1.54, 1.807) is 6.33 Å². The van der Waals surface area contributed by atoms with Crippen LogP contribution in [-0.2, 0) is 4.79 Å². The van der Waals surface area contributed by atoms with Crippen LogP contribution in [0.1, 0.15) is 38.5 Å². The quantitative estimate of drug-likeness (QED) is 0.515. The Hall–Kier alpha value is -3.49. The van der Waals surface area contributed by atoms with Gasteiger partial charge in [-0.2, -0.15) is 4.98 Å². The number of aromatic amines is 1. The number of carbonyl (C=O) groups excluding carboxylic acids is 1. The summed E-state index contributed by atoms with van der Waals surface area (Å²) in [5.41, 5.74) is 3.71. The van der Waals surface area contributed by atoms with Crippen molar-refractivity contribution in [3.63, 3.8) is 0 Å². The minimum absolute atomic E-state index is 0.184. The first kappa shape index (κ1) is 19.2. The first-order chi connectivity index (χ1) is 15.7. The largest absolute Gasteiger partial charge is 0.351 e. The molecule has 1 amide bonds. The summed E-state index contributed by atoms with van der Waals surface area (Å²) in [6.45, 7) is 1.88. The predicted octanol–water partition coefficient (Wildman–Crippen LogP) is 3.26. The van der Waals surface area contributed by atoms with Crippen LogP contribution in [0, 0.1) is 5.92 Å². The summed E-state index contributed by atoms with van der Waals surface area (Å²) in [6, 6.07) is 4.28. The van der Waals surface area contributed by atoms with E-state index in [2.05, 4.69) is 30.4 Å². The molecule has 164 valence electrons. The molecule has 2 aliphatic rings. The molecule has 1 saturated heterocycles. The molecule has 1 aliphatic heterocycles. The molecule has 0 bridgehead atoms. The molecule has 0 unspecified atom stereocenters. The van der Waals surface area contributed by atoms with Gasteiger partial charge in [0.05, 0.1) is 0 Å². The third kappa shape index (κ3) is 3.47. The Kier molecular flexibility index (Phi) is 4.74. The van der Waals surface area contributed by atoms with Crippen molar-refractivity contribution >= 4 is 28.5 Å². The van der Waals surface area contributed by atoms with Gasteiger partial charge in [0.15, 0.2) is 5.65 Å². The van der Waals surface area contributed by atoms with E-state index in [0.29, 0.717) is 17.9 Å². The van der Waals surface area contributed by atoms with Gasteiger partial charge < -0.3 is 15.2 Å². The Balaban J connectivity index is 1.14. The van der Waals surface area contributed by atoms with Gasteiger partial charge >= 0.3 is 0 Å². The van der Waals surface area contributed by atoms with Crippen LogP contribution in [0.2, 0.25) is 0 Å². The number of nitrogens with one attached hydrogen (secondary N) is 2. The van der Waals surface area contributed by atoms with Gasteiger partial charge in [0, 0.05) is 60.2 Å². The summed E-state index contributed by atoms with van der Waals surface area (Å²) in [4.78, 5) is 27.3. The smallest absolute Gasteiger partial charge is 0.225 e. The maximum atomic E-state index is 12.7. The summed E-state index contributed by atoms with van der Waals surface area (Å²) < 4.78 is 1.90. The molecule has 0 aromatic carbocycles. The number of hydrogen-bond donors (Lipinski definition) is 2. The third-order valence-electron chi connectivity index (χ3n) is 6.86. The molecule has 2 N–H and O–H groups in total. The molecule has 0 radical (unpaired) electrons. The van der Waals surface area contributed by atoms with Crippen molar-refractivity contribution in [2.75, 3.05) is 18.4 Å². The van der Waals surface area contributed by atoms with Gasteiger partial charge in [0.2, 0.25) is 11.9 Å². The molecule has 1 aliphatic carbocycles. The van der Waals surface area contributed by atoms with Crippen LogP contribution >= 0.6 is 0 Å². The van der Waals surface area contributed by atoms with E-state index in [9.17, 15) is 4.79 Å². The fourth-order valence-electron chi connectivity index (χ4n) is 5.07. The van der Waals surface area contributed by atoms with Crippen molar-refractivity contribution in [3.8, 4) is 11.1 Å². The molecular weight excluding hydrogens is 404 g/mol. The highest BCUT2D eigenvalue weighted by atomic mass is 16.2. The Morgan fingerprint density at radius 2 is 1.97 bits per heavy atom. The van der Waals surface area contributed by atoms with Gasteiger partial charge in [0.25, 0.3) is 0 Å². The molecule has 9 heteroatoms. The number of rotatable bonds is 4. The van der Waals surface area contributed by atoms with Gasteiger partial charge in [-0.15, -0.1) is 10.2 Å². The Labute approximate surface area is 185 Å². The van der Waals surface area contributed by atoms with Crippen molar-refractivity contribution in [3.05, 3.63) is 37.1 Å². The van der Waals surface area contributed by atoms with Crippen LogP contribution in [-0.4, -0.2) is 59.5 Å². The number of aromatic nitrogens is 6. The van der Waals surface area contributed by atoms with Crippen LogP contribution in [0.5, 0.6) is 0 Å². The molecule has 0 spiro atoms. The molecule has 5 heterocycles. The van der Waals surface area contributed by atoms with E-state index in [1.807, 2.05) is 35.1 Å². The highest BCUT2D eigenvalue weighted by molar-refractivity contribution is 5.93. The number of H-pyrrole nitrogens is 1. The SMILES string of the molecule is O=C(C1CCC(Nc2ncc3c(-c4ccc5nncn5c4)c[nH]c3n2)CC1)N1CCCC1. The monoisotopic (exact) mass is 430 g/mol. The first-order valence-electron chi connectivity index (χ1n) is 11.4. The number of anilines is 1. The van der Waals surface area contributed by atoms with Crippen molar-refractivity contribution in [2.45, 2.75) is 44.6 Å². The van der Waals surface area contributed by atoms with Gasteiger partial charge in [-0.1, -0.05) is 0 Å². The molecule has 2 fully saturated rings. The number of amides is 1. The second-order valence-corrected chi connectivity index (χ2v) is 8.90. The van der Waals surface area contributed by atoms with Crippen molar-refractivity contribution in [1.82, 2.24) is 34.4 Å². The number of pyridine rings is 1. The van der Waals surface area contributed by atoms with Crippen molar-refractivity contribution < 1.29 is 4.79 Å². The molecule has 9 nitrogen and oxygen atoms in total. The highest BCUT2D eigenvalue weighted by Crippen LogP contribution is 2.30. The minimum atomic E-state index is 0.184. The Morgan fingerprint density at radius 3 is 2.81 bits per heavy atom. The van der Waals surface area contributed by atoms with E-state index in [1.165, 1.54) is 0 Å². The van der Waals surface area contributed by atoms with E-state index >= 15 is 0 Å². The van der Waals surface area contributed by atoms with Gasteiger partial charge in [-0.3, -0.25) is 9.20 Å². The normalized spacial score (nSPS) is 21.4. The Morgan fingerprint density at radius 1 is 1.12 bits per heavy atom. The molecule has 1 saturated carbocycles. The van der Waals surface area contributed by atoms with E-state index in [-0.39, 0.29) is 5.92 Å². The molecule has 0 atom stereocenters. The number of fused-ring (bicyclic) bond motifs is 2. The maximum Gasteiger partial charge on any atom is 0.225 e. The van der Waals surface area contributed by atoms with Crippen molar-refractivity contribution in [1.29, 1.82) is 0 Å². The van der Waals surface area contributed by atoms with Gasteiger partial charge in [0.1, 0.15) is 12.0 Å². The molecule has 4 aromatic heterocycles. The second kappa shape index (κ2) is 7.89. The van der Waals surface area contributed by atoms with Crippen LogP contribution in [0.3, 0.4) is 0 Å². The van der Waals surface area contributed by atoms with Crippen LogP contribution in [0.15, 0.2) is 37.1 Å². The van der Waals surface area contributed by atoms with E-state index in [4.69, 9.17) is 4.98 Å². The van der Waals surface area contributed by atoms with Crippen molar-refractivity contribution in [2.24, 2.45) is 5.92 Å². The Bertz CT molecular complexity index is 1260. The van der Waals surface area contributed by atoms with Crippen LogP contribution in [0.25, 0.3) is 27.8 Å². The predicted molar refractivity (Wildman–Crippen MR) is 121 cm³/mol. The van der Waals surface area contributed by atoms with Gasteiger partial charge in [-0.25, -0.2) is 4.98 Å². The lowest BCUT2D eigenvalue weighted by molar-refractivity contribution is -0.135. The molecule has 4 aromatic rings. The maximum absolute atomic E-state index is 12.7.